The Bertz CT molecular complexity index is 738. The highest BCUT2D eigenvalue weighted by molar-refractivity contribution is 7.23. The van der Waals surface area contributed by atoms with Gasteiger partial charge in [-0.15, -0.1) is 22.7 Å². The van der Waals surface area contributed by atoms with Crippen molar-refractivity contribution in [2.24, 2.45) is 0 Å². The van der Waals surface area contributed by atoms with Crippen LogP contribution in [0.1, 0.15) is 18.4 Å². The summed E-state index contributed by atoms with van der Waals surface area (Å²) in [5.41, 5.74) is 2.47. The SMILES string of the molecule is Cc1c(-c2csc(NC3CC3)n2)sc2ccccc12. The van der Waals surface area contributed by atoms with Crippen LogP contribution >= 0.6 is 22.7 Å². The van der Waals surface area contributed by atoms with E-state index in [-0.39, 0.29) is 0 Å². The first-order valence-electron chi connectivity index (χ1n) is 6.52. The Morgan fingerprint density at radius 2 is 2.11 bits per heavy atom. The number of aryl methyl sites for hydroxylation is 1. The highest BCUT2D eigenvalue weighted by Gasteiger charge is 2.22. The molecule has 0 radical (unpaired) electrons. The van der Waals surface area contributed by atoms with Gasteiger partial charge in [-0.2, -0.15) is 0 Å². The molecule has 0 amide bonds. The van der Waals surface area contributed by atoms with E-state index in [4.69, 9.17) is 4.98 Å². The Balaban J connectivity index is 1.76. The van der Waals surface area contributed by atoms with Gasteiger partial charge in [0.2, 0.25) is 0 Å². The van der Waals surface area contributed by atoms with E-state index in [9.17, 15) is 0 Å². The van der Waals surface area contributed by atoms with Crippen molar-refractivity contribution in [1.29, 1.82) is 0 Å². The van der Waals surface area contributed by atoms with E-state index in [1.165, 1.54) is 33.4 Å². The molecule has 2 nitrogen and oxygen atoms in total. The third kappa shape index (κ3) is 2.05. The van der Waals surface area contributed by atoms with Crippen molar-refractivity contribution >= 4 is 37.9 Å². The Hall–Kier alpha value is -1.39. The minimum atomic E-state index is 0.669. The van der Waals surface area contributed by atoms with Crippen molar-refractivity contribution in [3.8, 4) is 10.6 Å². The second-order valence-corrected chi connectivity index (χ2v) is 6.92. The van der Waals surface area contributed by atoms with E-state index in [0.29, 0.717) is 6.04 Å². The Labute approximate surface area is 120 Å². The van der Waals surface area contributed by atoms with Crippen molar-refractivity contribution in [3.63, 3.8) is 0 Å². The molecule has 0 bridgehead atoms. The molecule has 1 aromatic carbocycles. The van der Waals surface area contributed by atoms with Crippen molar-refractivity contribution in [2.75, 3.05) is 5.32 Å². The van der Waals surface area contributed by atoms with E-state index in [1.807, 2.05) is 11.3 Å². The number of anilines is 1. The van der Waals surface area contributed by atoms with Crippen LogP contribution in [0.25, 0.3) is 20.7 Å². The van der Waals surface area contributed by atoms with Gasteiger partial charge in [-0.3, -0.25) is 0 Å². The number of rotatable bonds is 3. The molecule has 96 valence electrons. The summed E-state index contributed by atoms with van der Waals surface area (Å²) in [4.78, 5) is 6.04. The van der Waals surface area contributed by atoms with Gasteiger partial charge in [0.25, 0.3) is 0 Å². The molecule has 0 spiro atoms. The lowest BCUT2D eigenvalue weighted by Crippen LogP contribution is -1.99. The molecular weight excluding hydrogens is 272 g/mol. The zero-order valence-corrected chi connectivity index (χ0v) is 12.3. The van der Waals surface area contributed by atoms with Gasteiger partial charge in [-0.05, 0) is 36.8 Å². The van der Waals surface area contributed by atoms with Crippen LogP contribution in [0, 0.1) is 6.92 Å². The molecule has 1 aliphatic carbocycles. The Morgan fingerprint density at radius 1 is 1.26 bits per heavy atom. The normalized spacial score (nSPS) is 15.0. The maximum atomic E-state index is 4.73. The fourth-order valence-electron chi connectivity index (χ4n) is 2.27. The summed E-state index contributed by atoms with van der Waals surface area (Å²) < 4.78 is 1.35. The molecule has 1 saturated carbocycles. The smallest absolute Gasteiger partial charge is 0.183 e. The van der Waals surface area contributed by atoms with Crippen LogP contribution in [0.4, 0.5) is 5.13 Å². The fourth-order valence-corrected chi connectivity index (χ4v) is 4.29. The predicted octanol–water partition coefficient (Wildman–Crippen LogP) is 4.91. The fraction of sp³-hybridized carbons (Fsp3) is 0.267. The highest BCUT2D eigenvalue weighted by atomic mass is 32.1. The van der Waals surface area contributed by atoms with E-state index in [0.717, 1.165) is 10.8 Å². The van der Waals surface area contributed by atoms with Crippen LogP contribution in [-0.2, 0) is 0 Å². The molecule has 3 aromatic rings. The summed E-state index contributed by atoms with van der Waals surface area (Å²) >= 11 is 3.56. The molecule has 4 rings (SSSR count). The number of benzene rings is 1. The molecule has 2 heterocycles. The number of thiazole rings is 1. The average Bonchev–Trinajstić information content (AvgIpc) is 3.01. The first-order chi connectivity index (χ1) is 9.31. The van der Waals surface area contributed by atoms with Gasteiger partial charge < -0.3 is 5.32 Å². The monoisotopic (exact) mass is 286 g/mol. The van der Waals surface area contributed by atoms with E-state index >= 15 is 0 Å². The number of aromatic nitrogens is 1. The summed E-state index contributed by atoms with van der Waals surface area (Å²) in [6.07, 6.45) is 2.58. The number of nitrogens with zero attached hydrogens (tertiary/aromatic N) is 1. The van der Waals surface area contributed by atoms with Gasteiger partial charge in [-0.1, -0.05) is 18.2 Å². The largest absolute Gasteiger partial charge is 0.359 e. The van der Waals surface area contributed by atoms with Gasteiger partial charge in [-0.25, -0.2) is 4.98 Å². The van der Waals surface area contributed by atoms with Gasteiger partial charge in [0.15, 0.2) is 5.13 Å². The second kappa shape index (κ2) is 4.32. The Kier molecular flexibility index (Phi) is 2.60. The van der Waals surface area contributed by atoms with Crippen molar-refractivity contribution in [2.45, 2.75) is 25.8 Å². The highest BCUT2D eigenvalue weighted by Crippen LogP contribution is 2.39. The number of hydrogen-bond acceptors (Lipinski definition) is 4. The molecule has 1 N–H and O–H groups in total. The van der Waals surface area contributed by atoms with Crippen LogP contribution in [-0.4, -0.2) is 11.0 Å². The summed E-state index contributed by atoms with van der Waals surface area (Å²) in [6, 6.07) is 9.26. The molecule has 1 fully saturated rings. The summed E-state index contributed by atoms with van der Waals surface area (Å²) in [6.45, 7) is 2.20. The lowest BCUT2D eigenvalue weighted by molar-refractivity contribution is 1.14. The zero-order valence-electron chi connectivity index (χ0n) is 10.6. The molecule has 1 aliphatic rings. The van der Waals surface area contributed by atoms with Gasteiger partial charge in [0, 0.05) is 16.1 Å². The van der Waals surface area contributed by atoms with Crippen LogP contribution < -0.4 is 5.32 Å². The lowest BCUT2D eigenvalue weighted by atomic mass is 10.1. The first-order valence-corrected chi connectivity index (χ1v) is 8.21. The molecule has 0 aliphatic heterocycles. The van der Waals surface area contributed by atoms with Gasteiger partial charge in [0.1, 0.15) is 0 Å². The van der Waals surface area contributed by atoms with Crippen LogP contribution in [0.2, 0.25) is 0 Å². The maximum absolute atomic E-state index is 4.73. The average molecular weight is 286 g/mol. The summed E-state index contributed by atoms with van der Waals surface area (Å²) in [5, 5.41) is 8.06. The summed E-state index contributed by atoms with van der Waals surface area (Å²) in [7, 11) is 0. The van der Waals surface area contributed by atoms with Crippen molar-refractivity contribution in [3.05, 3.63) is 35.2 Å². The van der Waals surface area contributed by atoms with E-state index in [1.54, 1.807) is 11.3 Å². The summed E-state index contributed by atoms with van der Waals surface area (Å²) in [5.74, 6) is 0. The molecule has 0 unspecified atom stereocenters. The molecule has 4 heteroatoms. The molecular formula is C15H14N2S2. The number of hydrogen-bond donors (Lipinski definition) is 1. The van der Waals surface area contributed by atoms with Crippen molar-refractivity contribution in [1.82, 2.24) is 4.98 Å². The third-order valence-corrected chi connectivity index (χ3v) is 5.55. The van der Waals surface area contributed by atoms with E-state index in [2.05, 4.69) is 41.9 Å². The second-order valence-electron chi connectivity index (χ2n) is 5.01. The lowest BCUT2D eigenvalue weighted by Gasteiger charge is -1.97. The molecule has 19 heavy (non-hydrogen) atoms. The molecule has 2 aromatic heterocycles. The quantitative estimate of drug-likeness (QED) is 0.740. The third-order valence-electron chi connectivity index (χ3n) is 3.49. The van der Waals surface area contributed by atoms with Crippen LogP contribution in [0.3, 0.4) is 0 Å². The van der Waals surface area contributed by atoms with Gasteiger partial charge >= 0.3 is 0 Å². The number of nitrogens with one attached hydrogen (secondary N) is 1. The number of fused-ring (bicyclic) bond motifs is 1. The first kappa shape index (κ1) is 11.4. The minimum absolute atomic E-state index is 0.669. The van der Waals surface area contributed by atoms with Crippen LogP contribution in [0.15, 0.2) is 29.6 Å². The standard InChI is InChI=1S/C15H14N2S2/c1-9-11-4-2-3-5-13(11)19-14(9)12-8-18-15(17-12)16-10-6-7-10/h2-5,8,10H,6-7H2,1H3,(H,16,17). The zero-order chi connectivity index (χ0) is 12.8. The van der Waals surface area contributed by atoms with Gasteiger partial charge in [0.05, 0.1) is 10.6 Å². The van der Waals surface area contributed by atoms with E-state index < -0.39 is 0 Å². The Morgan fingerprint density at radius 3 is 2.89 bits per heavy atom. The number of thiophene rings is 1. The predicted molar refractivity (Wildman–Crippen MR) is 84.3 cm³/mol. The maximum Gasteiger partial charge on any atom is 0.183 e. The topological polar surface area (TPSA) is 24.9 Å². The molecule has 0 saturated heterocycles. The van der Waals surface area contributed by atoms with Crippen molar-refractivity contribution < 1.29 is 0 Å². The van der Waals surface area contributed by atoms with Crippen LogP contribution in [0.5, 0.6) is 0 Å². The minimum Gasteiger partial charge on any atom is -0.359 e. The molecule has 0 atom stereocenters.